The van der Waals surface area contributed by atoms with Crippen molar-refractivity contribution >= 4 is 29.1 Å². The van der Waals surface area contributed by atoms with Crippen molar-refractivity contribution in [2.45, 2.75) is 71.5 Å². The molecule has 11 heteroatoms. The molecule has 2 aromatic heterocycles. The van der Waals surface area contributed by atoms with E-state index in [-0.39, 0.29) is 12.0 Å². The molecule has 0 saturated carbocycles. The molecule has 168 valence electrons. The highest BCUT2D eigenvalue weighted by Gasteiger charge is 2.51. The lowest BCUT2D eigenvalue weighted by molar-refractivity contribution is -0.166. The number of hydrogen-bond donors (Lipinski definition) is 0. The zero-order valence-corrected chi connectivity index (χ0v) is 18.3. The molecule has 0 unspecified atom stereocenters. The summed E-state index contributed by atoms with van der Waals surface area (Å²) in [5.41, 5.74) is 1.50. The van der Waals surface area contributed by atoms with Gasteiger partial charge >= 0.3 is 17.9 Å². The molecule has 4 atom stereocenters. The smallest absolute Gasteiger partial charge is 0.303 e. The van der Waals surface area contributed by atoms with Crippen molar-refractivity contribution < 1.29 is 33.3 Å². The van der Waals surface area contributed by atoms with Gasteiger partial charge < -0.3 is 18.9 Å². The quantitative estimate of drug-likeness (QED) is 0.503. The number of fused-ring (bicyclic) bond motifs is 1. The molecular weight excluding hydrogens is 408 g/mol. The van der Waals surface area contributed by atoms with Crippen LogP contribution in [0.15, 0.2) is 12.7 Å². The Morgan fingerprint density at radius 2 is 1.65 bits per heavy atom. The number of imidazole rings is 1. The number of aromatic nitrogens is 4. The molecule has 0 aliphatic carbocycles. The predicted octanol–water partition coefficient (Wildman–Crippen LogP) is 1.45. The highest BCUT2D eigenvalue weighted by Crippen LogP contribution is 2.36. The van der Waals surface area contributed by atoms with Gasteiger partial charge in [-0.25, -0.2) is 15.0 Å². The monoisotopic (exact) mass is 434 g/mol. The van der Waals surface area contributed by atoms with Crippen molar-refractivity contribution in [3.8, 4) is 0 Å². The van der Waals surface area contributed by atoms with Gasteiger partial charge in [-0.05, 0) is 0 Å². The summed E-state index contributed by atoms with van der Waals surface area (Å²) >= 11 is 0. The van der Waals surface area contributed by atoms with Crippen LogP contribution in [0.4, 0.5) is 0 Å². The first-order valence-corrected chi connectivity index (χ1v) is 9.80. The Morgan fingerprint density at radius 3 is 2.23 bits per heavy atom. The van der Waals surface area contributed by atoms with Gasteiger partial charge in [0, 0.05) is 26.2 Å². The second kappa shape index (κ2) is 8.58. The minimum Gasteiger partial charge on any atom is -0.463 e. The first kappa shape index (κ1) is 22.6. The van der Waals surface area contributed by atoms with Gasteiger partial charge in [-0.3, -0.25) is 19.0 Å². The molecule has 1 saturated heterocycles. The Bertz CT molecular complexity index is 997. The summed E-state index contributed by atoms with van der Waals surface area (Å²) < 4.78 is 23.6. The SMILES string of the molecule is CC(=O)OC[C@H]1O[C@@H](n2cnc3c(C(C)(C)C)ncnc32)[C@H](OC(C)=O)[C@@H]1OC(C)=O. The van der Waals surface area contributed by atoms with E-state index in [0.717, 1.165) is 5.69 Å². The molecule has 0 bridgehead atoms. The largest absolute Gasteiger partial charge is 0.463 e. The average molecular weight is 434 g/mol. The summed E-state index contributed by atoms with van der Waals surface area (Å²) in [6.07, 6.45) is -0.837. The third kappa shape index (κ3) is 4.82. The summed E-state index contributed by atoms with van der Waals surface area (Å²) in [5, 5.41) is 0. The minimum absolute atomic E-state index is 0.184. The van der Waals surface area contributed by atoms with E-state index in [4.69, 9.17) is 18.9 Å². The zero-order chi connectivity index (χ0) is 22.9. The lowest BCUT2D eigenvalue weighted by Crippen LogP contribution is -2.40. The van der Waals surface area contributed by atoms with Crippen LogP contribution in [-0.4, -0.2) is 62.3 Å². The van der Waals surface area contributed by atoms with Crippen LogP contribution in [-0.2, 0) is 38.7 Å². The first-order chi connectivity index (χ1) is 14.5. The van der Waals surface area contributed by atoms with Crippen LogP contribution in [0, 0.1) is 0 Å². The number of esters is 3. The normalized spacial score (nSPS) is 23.5. The molecule has 0 spiro atoms. The number of nitrogens with zero attached hydrogens (tertiary/aromatic N) is 4. The van der Waals surface area contributed by atoms with Crippen molar-refractivity contribution in [2.75, 3.05) is 6.61 Å². The van der Waals surface area contributed by atoms with Crippen molar-refractivity contribution in [1.82, 2.24) is 19.5 Å². The van der Waals surface area contributed by atoms with E-state index in [1.54, 1.807) is 4.57 Å². The summed E-state index contributed by atoms with van der Waals surface area (Å²) in [7, 11) is 0. The zero-order valence-electron chi connectivity index (χ0n) is 18.3. The third-order valence-corrected chi connectivity index (χ3v) is 4.68. The molecule has 2 aromatic rings. The second-order valence-corrected chi connectivity index (χ2v) is 8.31. The van der Waals surface area contributed by atoms with Crippen LogP contribution < -0.4 is 0 Å². The maximum atomic E-state index is 11.8. The van der Waals surface area contributed by atoms with Crippen molar-refractivity contribution in [1.29, 1.82) is 0 Å². The summed E-state index contributed by atoms with van der Waals surface area (Å²) in [4.78, 5) is 48.0. The van der Waals surface area contributed by atoms with Crippen LogP contribution in [0.3, 0.4) is 0 Å². The van der Waals surface area contributed by atoms with E-state index in [1.165, 1.54) is 33.4 Å². The molecule has 0 aromatic carbocycles. The second-order valence-electron chi connectivity index (χ2n) is 8.31. The number of carbonyl (C=O) groups is 3. The van der Waals surface area contributed by atoms with Crippen molar-refractivity contribution in [3.63, 3.8) is 0 Å². The third-order valence-electron chi connectivity index (χ3n) is 4.68. The lowest BCUT2D eigenvalue weighted by Gasteiger charge is -2.24. The van der Waals surface area contributed by atoms with Crippen molar-refractivity contribution in [2.24, 2.45) is 0 Å². The van der Waals surface area contributed by atoms with Crippen LogP contribution >= 0.6 is 0 Å². The van der Waals surface area contributed by atoms with Crippen LogP contribution in [0.2, 0.25) is 0 Å². The molecule has 3 rings (SSSR count). The molecule has 31 heavy (non-hydrogen) atoms. The van der Waals surface area contributed by atoms with Gasteiger partial charge in [-0.15, -0.1) is 0 Å². The highest BCUT2D eigenvalue weighted by atomic mass is 16.7. The fourth-order valence-electron chi connectivity index (χ4n) is 3.50. The van der Waals surface area contributed by atoms with E-state index in [0.29, 0.717) is 11.2 Å². The van der Waals surface area contributed by atoms with E-state index in [9.17, 15) is 14.4 Å². The fourth-order valence-corrected chi connectivity index (χ4v) is 3.50. The number of carbonyl (C=O) groups excluding carboxylic acids is 3. The standard InChI is InChI=1S/C20H26N4O7/c1-10(25)28-7-13-15(29-11(2)26)16(30-12(3)27)19(31-13)24-9-23-14-17(20(4,5)6)21-8-22-18(14)24/h8-9,13,15-16,19H,7H2,1-6H3/t13-,15-,16-,19-/m1/s1. The lowest BCUT2D eigenvalue weighted by atomic mass is 9.91. The Labute approximate surface area is 179 Å². The Hall–Kier alpha value is -3.08. The van der Waals surface area contributed by atoms with Crippen LogP contribution in [0.25, 0.3) is 11.2 Å². The molecule has 1 fully saturated rings. The van der Waals surface area contributed by atoms with E-state index >= 15 is 0 Å². The predicted molar refractivity (Wildman–Crippen MR) is 106 cm³/mol. The minimum atomic E-state index is -1.01. The molecule has 1 aliphatic rings. The van der Waals surface area contributed by atoms with Gasteiger partial charge in [0.2, 0.25) is 0 Å². The maximum absolute atomic E-state index is 11.8. The fraction of sp³-hybridized carbons (Fsp3) is 0.600. The summed E-state index contributed by atoms with van der Waals surface area (Å²) in [5.74, 6) is -1.70. The highest BCUT2D eigenvalue weighted by molar-refractivity contribution is 5.74. The molecular formula is C20H26N4O7. The van der Waals surface area contributed by atoms with Gasteiger partial charge in [0.1, 0.15) is 24.6 Å². The molecule has 0 N–H and O–H groups in total. The molecule has 0 amide bonds. The molecule has 0 radical (unpaired) electrons. The summed E-state index contributed by atoms with van der Waals surface area (Å²) in [6, 6.07) is 0. The van der Waals surface area contributed by atoms with E-state index in [2.05, 4.69) is 15.0 Å². The number of rotatable bonds is 5. The van der Waals surface area contributed by atoms with Gasteiger partial charge in [0.05, 0.1) is 12.0 Å². The Morgan fingerprint density at radius 1 is 1.00 bits per heavy atom. The van der Waals surface area contributed by atoms with Gasteiger partial charge in [-0.1, -0.05) is 20.8 Å². The van der Waals surface area contributed by atoms with Crippen LogP contribution in [0.5, 0.6) is 0 Å². The van der Waals surface area contributed by atoms with E-state index < -0.39 is 42.4 Å². The summed E-state index contributed by atoms with van der Waals surface area (Å²) in [6.45, 7) is 9.57. The Balaban J connectivity index is 2.06. The molecule has 11 nitrogen and oxygen atoms in total. The number of ether oxygens (including phenoxy) is 4. The van der Waals surface area contributed by atoms with Gasteiger partial charge in [0.25, 0.3) is 0 Å². The van der Waals surface area contributed by atoms with Crippen LogP contribution in [0.1, 0.15) is 53.5 Å². The van der Waals surface area contributed by atoms with Gasteiger partial charge in [-0.2, -0.15) is 0 Å². The Kier molecular flexibility index (Phi) is 6.25. The average Bonchev–Trinajstić information content (AvgIpc) is 3.20. The van der Waals surface area contributed by atoms with Crippen molar-refractivity contribution in [3.05, 3.63) is 18.3 Å². The maximum Gasteiger partial charge on any atom is 0.303 e. The molecule has 3 heterocycles. The van der Waals surface area contributed by atoms with Gasteiger partial charge in [0.15, 0.2) is 24.1 Å². The van der Waals surface area contributed by atoms with E-state index in [1.807, 2.05) is 20.8 Å². The topological polar surface area (TPSA) is 132 Å². The molecule has 1 aliphatic heterocycles. The number of hydrogen-bond acceptors (Lipinski definition) is 10. The first-order valence-electron chi connectivity index (χ1n) is 9.80.